The van der Waals surface area contributed by atoms with Crippen molar-refractivity contribution >= 4 is 35.8 Å². The predicted molar refractivity (Wildman–Crippen MR) is 118 cm³/mol. The van der Waals surface area contributed by atoms with Crippen LogP contribution in [0, 0.1) is 5.92 Å². The number of ether oxygens (including phenoxy) is 2. The molecule has 1 heterocycles. The summed E-state index contributed by atoms with van der Waals surface area (Å²) in [6.07, 6.45) is 2.51. The molecule has 1 fully saturated rings. The highest BCUT2D eigenvalue weighted by atomic mass is 127. The molecule has 8 heteroatoms. The zero-order chi connectivity index (χ0) is 18.9. The molecular weight excluding hydrogens is 459 g/mol. The molecule has 0 radical (unpaired) electrons. The second-order valence-corrected chi connectivity index (χ2v) is 6.44. The molecule has 0 bridgehead atoms. The number of primary amides is 1. The lowest BCUT2D eigenvalue weighted by molar-refractivity contribution is -0.119. The number of hydrogen-bond acceptors (Lipinski definition) is 4. The summed E-state index contributed by atoms with van der Waals surface area (Å²) < 4.78 is 11.0. The Hall–Kier alpha value is -1.71. The van der Waals surface area contributed by atoms with Crippen LogP contribution in [0.1, 0.15) is 31.7 Å². The normalized spacial score (nSPS) is 17.1. The molecule has 1 aromatic rings. The largest absolute Gasteiger partial charge is 0.493 e. The first-order valence-corrected chi connectivity index (χ1v) is 9.11. The van der Waals surface area contributed by atoms with Crippen LogP contribution in [0.2, 0.25) is 0 Å². The summed E-state index contributed by atoms with van der Waals surface area (Å²) in [7, 11) is 3.41. The number of hydrogen-bond donors (Lipinski definition) is 2. The molecule has 1 aliphatic rings. The molecule has 0 spiro atoms. The number of rotatable bonds is 7. The molecular formula is C19H31IN4O3. The van der Waals surface area contributed by atoms with Gasteiger partial charge in [0, 0.05) is 33.1 Å². The molecule has 0 aromatic heterocycles. The molecule has 1 aliphatic heterocycles. The monoisotopic (exact) mass is 490 g/mol. The molecule has 152 valence electrons. The van der Waals surface area contributed by atoms with Crippen LogP contribution < -0.4 is 20.5 Å². The zero-order valence-corrected chi connectivity index (χ0v) is 18.7. The maximum atomic E-state index is 11.2. The van der Waals surface area contributed by atoms with E-state index in [-0.39, 0.29) is 29.9 Å². The molecule has 0 aliphatic carbocycles. The third-order valence-corrected chi connectivity index (χ3v) is 4.50. The number of methoxy groups -OCH3 is 1. The summed E-state index contributed by atoms with van der Waals surface area (Å²) >= 11 is 0. The van der Waals surface area contributed by atoms with E-state index in [0.717, 1.165) is 49.0 Å². The van der Waals surface area contributed by atoms with Gasteiger partial charge in [-0.15, -0.1) is 24.0 Å². The van der Waals surface area contributed by atoms with Crippen molar-refractivity contribution < 1.29 is 14.3 Å². The van der Waals surface area contributed by atoms with Crippen LogP contribution in [-0.2, 0) is 11.3 Å². The highest BCUT2D eigenvalue weighted by Crippen LogP contribution is 2.28. The Balaban J connectivity index is 0.00000364. The van der Waals surface area contributed by atoms with Crippen molar-refractivity contribution in [2.75, 3.05) is 33.9 Å². The van der Waals surface area contributed by atoms with E-state index in [1.54, 1.807) is 14.2 Å². The SMILES string of the molecule is CCOc1cc(CNC(=NC)N2CCCC(CC(N)=O)C2)ccc1OC.I. The highest BCUT2D eigenvalue weighted by Gasteiger charge is 2.23. The fraction of sp³-hybridized carbons (Fsp3) is 0.579. The van der Waals surface area contributed by atoms with Crippen molar-refractivity contribution in [3.63, 3.8) is 0 Å². The van der Waals surface area contributed by atoms with E-state index in [4.69, 9.17) is 15.2 Å². The Labute approximate surface area is 178 Å². The molecule has 1 unspecified atom stereocenters. The van der Waals surface area contributed by atoms with Crippen molar-refractivity contribution in [2.45, 2.75) is 32.7 Å². The van der Waals surface area contributed by atoms with Gasteiger partial charge in [-0.25, -0.2) is 0 Å². The number of guanidine groups is 1. The van der Waals surface area contributed by atoms with Crippen LogP contribution in [-0.4, -0.2) is 50.6 Å². The number of likely N-dealkylation sites (tertiary alicyclic amines) is 1. The highest BCUT2D eigenvalue weighted by molar-refractivity contribution is 14.0. The third-order valence-electron chi connectivity index (χ3n) is 4.50. The molecule has 7 nitrogen and oxygen atoms in total. The van der Waals surface area contributed by atoms with Gasteiger partial charge in [-0.1, -0.05) is 6.07 Å². The van der Waals surface area contributed by atoms with Crippen molar-refractivity contribution in [1.82, 2.24) is 10.2 Å². The Bertz CT molecular complexity index is 639. The lowest BCUT2D eigenvalue weighted by Crippen LogP contribution is -2.46. The number of halogens is 1. The van der Waals surface area contributed by atoms with Gasteiger partial charge >= 0.3 is 0 Å². The summed E-state index contributed by atoms with van der Waals surface area (Å²) in [6, 6.07) is 5.90. The van der Waals surface area contributed by atoms with E-state index in [9.17, 15) is 4.79 Å². The van der Waals surface area contributed by atoms with Crippen LogP contribution in [0.3, 0.4) is 0 Å². The predicted octanol–water partition coefficient (Wildman–Crippen LogP) is 2.37. The fourth-order valence-electron chi connectivity index (χ4n) is 3.32. The number of nitrogens with one attached hydrogen (secondary N) is 1. The standard InChI is InChI=1S/C19H30N4O3.HI/c1-4-26-17-10-14(7-8-16(17)25-3)12-22-19(21-2)23-9-5-6-15(13-23)11-18(20)24;/h7-8,10,15H,4-6,9,11-13H2,1-3H3,(H2,20,24)(H,21,22);1H. The molecule has 1 saturated heterocycles. The van der Waals surface area contributed by atoms with Crippen molar-refractivity contribution in [3.05, 3.63) is 23.8 Å². The van der Waals surface area contributed by atoms with Crippen molar-refractivity contribution in [3.8, 4) is 11.5 Å². The Morgan fingerprint density at radius 3 is 2.81 bits per heavy atom. The Kier molecular flexibility index (Phi) is 10.3. The quantitative estimate of drug-likeness (QED) is 0.348. The van der Waals surface area contributed by atoms with Crippen LogP contribution in [0.25, 0.3) is 0 Å². The van der Waals surface area contributed by atoms with Gasteiger partial charge < -0.3 is 25.4 Å². The van der Waals surface area contributed by atoms with Gasteiger partial charge in [0.15, 0.2) is 17.5 Å². The maximum Gasteiger partial charge on any atom is 0.217 e. The summed E-state index contributed by atoms with van der Waals surface area (Å²) in [5.74, 6) is 2.37. The number of benzene rings is 1. The van der Waals surface area contributed by atoms with Gasteiger partial charge in [0.25, 0.3) is 0 Å². The smallest absolute Gasteiger partial charge is 0.217 e. The van der Waals surface area contributed by atoms with Crippen LogP contribution in [0.4, 0.5) is 0 Å². The fourth-order valence-corrected chi connectivity index (χ4v) is 3.32. The Morgan fingerprint density at radius 1 is 1.41 bits per heavy atom. The van der Waals surface area contributed by atoms with Gasteiger partial charge in [-0.05, 0) is 43.4 Å². The van der Waals surface area contributed by atoms with Gasteiger partial charge in [0.2, 0.25) is 5.91 Å². The maximum absolute atomic E-state index is 11.2. The average Bonchev–Trinajstić information content (AvgIpc) is 2.62. The first-order valence-electron chi connectivity index (χ1n) is 9.11. The molecule has 1 amide bonds. The number of carbonyl (C=O) groups excluding carboxylic acids is 1. The topological polar surface area (TPSA) is 89.2 Å². The van der Waals surface area contributed by atoms with Crippen LogP contribution >= 0.6 is 24.0 Å². The number of nitrogens with zero attached hydrogens (tertiary/aromatic N) is 2. The number of aliphatic imine (C=N–C) groups is 1. The van der Waals surface area contributed by atoms with Crippen molar-refractivity contribution in [1.29, 1.82) is 0 Å². The Morgan fingerprint density at radius 2 is 2.19 bits per heavy atom. The number of carbonyl (C=O) groups is 1. The lowest BCUT2D eigenvalue weighted by atomic mass is 9.95. The molecule has 1 aromatic carbocycles. The second kappa shape index (κ2) is 11.9. The van der Waals surface area contributed by atoms with Gasteiger partial charge in [0.05, 0.1) is 13.7 Å². The molecule has 27 heavy (non-hydrogen) atoms. The molecule has 0 saturated carbocycles. The minimum absolute atomic E-state index is 0. The van der Waals surface area contributed by atoms with E-state index >= 15 is 0 Å². The lowest BCUT2D eigenvalue weighted by Gasteiger charge is -2.34. The molecule has 1 atom stereocenters. The minimum atomic E-state index is -0.235. The number of nitrogens with two attached hydrogens (primary N) is 1. The van der Waals surface area contributed by atoms with Gasteiger partial charge in [-0.2, -0.15) is 0 Å². The van der Waals surface area contributed by atoms with E-state index in [2.05, 4.69) is 15.2 Å². The zero-order valence-electron chi connectivity index (χ0n) is 16.4. The summed E-state index contributed by atoms with van der Waals surface area (Å²) in [4.78, 5) is 17.8. The van der Waals surface area contributed by atoms with Crippen molar-refractivity contribution in [2.24, 2.45) is 16.6 Å². The molecule has 2 rings (SSSR count). The first-order chi connectivity index (χ1) is 12.6. The average molecular weight is 490 g/mol. The molecule has 3 N–H and O–H groups in total. The van der Waals surface area contributed by atoms with Gasteiger partial charge in [-0.3, -0.25) is 9.79 Å². The van der Waals surface area contributed by atoms with E-state index in [1.807, 2.05) is 25.1 Å². The van der Waals surface area contributed by atoms with E-state index < -0.39 is 0 Å². The number of amides is 1. The van der Waals surface area contributed by atoms with Crippen LogP contribution in [0.15, 0.2) is 23.2 Å². The number of piperidine rings is 1. The minimum Gasteiger partial charge on any atom is -0.493 e. The van der Waals surface area contributed by atoms with E-state index in [1.165, 1.54) is 0 Å². The summed E-state index contributed by atoms with van der Waals surface area (Å²) in [6.45, 7) is 4.90. The van der Waals surface area contributed by atoms with Gasteiger partial charge in [0.1, 0.15) is 0 Å². The summed E-state index contributed by atoms with van der Waals surface area (Å²) in [5.41, 5.74) is 6.43. The van der Waals surface area contributed by atoms with Crippen LogP contribution in [0.5, 0.6) is 11.5 Å². The first kappa shape index (κ1) is 23.3. The van der Waals surface area contributed by atoms with E-state index in [0.29, 0.717) is 25.5 Å². The second-order valence-electron chi connectivity index (χ2n) is 6.44. The summed E-state index contributed by atoms with van der Waals surface area (Å²) in [5, 5.41) is 3.40. The third kappa shape index (κ3) is 7.08.